The first kappa shape index (κ1) is 14.9. The summed E-state index contributed by atoms with van der Waals surface area (Å²) >= 11 is 0. The van der Waals surface area contributed by atoms with Crippen LogP contribution in [0.3, 0.4) is 0 Å². The molecule has 0 atom stereocenters. The molecule has 2 heterocycles. The normalized spacial score (nSPS) is 10.7. The molecule has 1 aromatic carbocycles. The Labute approximate surface area is 132 Å². The Bertz CT molecular complexity index is 901. The monoisotopic (exact) mass is 309 g/mol. The molecule has 23 heavy (non-hydrogen) atoms. The second kappa shape index (κ2) is 6.39. The van der Waals surface area contributed by atoms with E-state index in [0.29, 0.717) is 16.5 Å². The number of pyridine rings is 1. The van der Waals surface area contributed by atoms with Gasteiger partial charge in [-0.05, 0) is 31.2 Å². The number of aromatic nitrogens is 3. The van der Waals surface area contributed by atoms with Gasteiger partial charge in [0.15, 0.2) is 0 Å². The minimum absolute atomic E-state index is 0.0899. The van der Waals surface area contributed by atoms with Crippen LogP contribution in [0.5, 0.6) is 0 Å². The van der Waals surface area contributed by atoms with E-state index < -0.39 is 5.97 Å². The topological polar surface area (TPSA) is 74.1 Å². The fourth-order valence-electron chi connectivity index (χ4n) is 2.17. The predicted molar refractivity (Wildman–Crippen MR) is 85.3 cm³/mol. The van der Waals surface area contributed by atoms with Gasteiger partial charge in [0.1, 0.15) is 6.61 Å². The lowest BCUT2D eigenvalue weighted by molar-refractivity contribution is 0.0489. The van der Waals surface area contributed by atoms with E-state index in [1.54, 1.807) is 30.3 Å². The average molecular weight is 309 g/mol. The Morgan fingerprint density at radius 2 is 2.00 bits per heavy atom. The second-order valence-electron chi connectivity index (χ2n) is 5.08. The zero-order chi connectivity index (χ0) is 16.2. The van der Waals surface area contributed by atoms with E-state index in [9.17, 15) is 9.59 Å². The number of carbonyl (C=O) groups excluding carboxylic acids is 1. The van der Waals surface area contributed by atoms with Crippen molar-refractivity contribution < 1.29 is 9.53 Å². The SMILES string of the molecule is Cc1ccc(C(=O)OCCn2cnc3ccccc3c2=O)cn1. The summed E-state index contributed by atoms with van der Waals surface area (Å²) in [4.78, 5) is 32.4. The highest BCUT2D eigenvalue weighted by molar-refractivity contribution is 5.88. The molecule has 6 nitrogen and oxygen atoms in total. The van der Waals surface area contributed by atoms with Crippen molar-refractivity contribution in [2.24, 2.45) is 0 Å². The number of fused-ring (bicyclic) bond motifs is 1. The van der Waals surface area contributed by atoms with Gasteiger partial charge in [0.05, 0.1) is 29.3 Å². The van der Waals surface area contributed by atoms with Gasteiger partial charge in [-0.1, -0.05) is 12.1 Å². The smallest absolute Gasteiger partial charge is 0.339 e. The lowest BCUT2D eigenvalue weighted by Gasteiger charge is -2.08. The molecule has 3 aromatic rings. The molecule has 0 aliphatic rings. The highest BCUT2D eigenvalue weighted by Crippen LogP contribution is 2.05. The molecule has 0 radical (unpaired) electrons. The van der Waals surface area contributed by atoms with Crippen LogP contribution in [0.1, 0.15) is 16.1 Å². The van der Waals surface area contributed by atoms with E-state index in [4.69, 9.17) is 4.74 Å². The third kappa shape index (κ3) is 3.26. The summed E-state index contributed by atoms with van der Waals surface area (Å²) in [5, 5.41) is 0.545. The number of carbonyl (C=O) groups is 1. The Balaban J connectivity index is 1.67. The molecule has 0 spiro atoms. The van der Waals surface area contributed by atoms with Crippen molar-refractivity contribution in [3.63, 3.8) is 0 Å². The van der Waals surface area contributed by atoms with Crippen molar-refractivity contribution in [2.45, 2.75) is 13.5 Å². The molecule has 3 rings (SSSR count). The van der Waals surface area contributed by atoms with Crippen molar-refractivity contribution in [2.75, 3.05) is 6.61 Å². The summed E-state index contributed by atoms with van der Waals surface area (Å²) in [5.74, 6) is -0.459. The average Bonchev–Trinajstić information content (AvgIpc) is 2.57. The fourth-order valence-corrected chi connectivity index (χ4v) is 2.17. The van der Waals surface area contributed by atoms with E-state index in [2.05, 4.69) is 9.97 Å². The molecule has 0 saturated heterocycles. The molecule has 0 N–H and O–H groups in total. The van der Waals surface area contributed by atoms with Crippen LogP contribution in [-0.2, 0) is 11.3 Å². The van der Waals surface area contributed by atoms with Crippen molar-refractivity contribution in [3.8, 4) is 0 Å². The number of benzene rings is 1. The van der Waals surface area contributed by atoms with Gasteiger partial charge in [-0.3, -0.25) is 14.3 Å². The van der Waals surface area contributed by atoms with E-state index >= 15 is 0 Å². The Kier molecular flexibility index (Phi) is 4.14. The summed E-state index contributed by atoms with van der Waals surface area (Å²) in [7, 11) is 0. The van der Waals surface area contributed by atoms with Crippen molar-refractivity contribution in [1.29, 1.82) is 0 Å². The predicted octanol–water partition coefficient (Wildman–Crippen LogP) is 1.96. The van der Waals surface area contributed by atoms with Gasteiger partial charge in [-0.15, -0.1) is 0 Å². The number of nitrogens with zero attached hydrogens (tertiary/aromatic N) is 3. The zero-order valence-corrected chi connectivity index (χ0v) is 12.6. The van der Waals surface area contributed by atoms with Crippen LogP contribution in [0.4, 0.5) is 0 Å². The minimum atomic E-state index is -0.459. The summed E-state index contributed by atoms with van der Waals surface area (Å²) < 4.78 is 6.61. The van der Waals surface area contributed by atoms with Gasteiger partial charge >= 0.3 is 5.97 Å². The van der Waals surface area contributed by atoms with Gasteiger partial charge in [-0.2, -0.15) is 0 Å². The Hall–Kier alpha value is -3.02. The third-order valence-corrected chi connectivity index (χ3v) is 3.44. The summed E-state index contributed by atoms with van der Waals surface area (Å²) in [5.41, 5.74) is 1.72. The van der Waals surface area contributed by atoms with Crippen LogP contribution in [-0.4, -0.2) is 27.1 Å². The standard InChI is InChI=1S/C17H15N3O3/c1-12-6-7-13(10-18-12)17(22)23-9-8-20-11-19-15-5-3-2-4-14(15)16(20)21/h2-7,10-11H,8-9H2,1H3. The van der Waals surface area contributed by atoms with E-state index in [1.165, 1.54) is 17.1 Å². The summed E-state index contributed by atoms with van der Waals surface area (Å²) in [6, 6.07) is 10.5. The van der Waals surface area contributed by atoms with E-state index in [1.807, 2.05) is 13.0 Å². The number of hydrogen-bond acceptors (Lipinski definition) is 5. The highest BCUT2D eigenvalue weighted by atomic mass is 16.5. The molecule has 0 unspecified atom stereocenters. The van der Waals surface area contributed by atoms with Gasteiger partial charge in [0.25, 0.3) is 5.56 Å². The maximum Gasteiger partial charge on any atom is 0.339 e. The Morgan fingerprint density at radius 3 is 2.78 bits per heavy atom. The summed E-state index contributed by atoms with van der Waals surface area (Å²) in [6.07, 6.45) is 2.94. The van der Waals surface area contributed by atoms with Crippen LogP contribution < -0.4 is 5.56 Å². The first-order chi connectivity index (χ1) is 11.1. The molecule has 0 amide bonds. The van der Waals surface area contributed by atoms with Gasteiger partial charge in [-0.25, -0.2) is 9.78 Å². The van der Waals surface area contributed by atoms with Crippen LogP contribution in [0.15, 0.2) is 53.7 Å². The maximum absolute atomic E-state index is 12.3. The largest absolute Gasteiger partial charge is 0.460 e. The number of rotatable bonds is 4. The molecular weight excluding hydrogens is 294 g/mol. The van der Waals surface area contributed by atoms with Crippen LogP contribution in [0.2, 0.25) is 0 Å². The maximum atomic E-state index is 12.3. The minimum Gasteiger partial charge on any atom is -0.460 e. The molecule has 6 heteroatoms. The fraction of sp³-hybridized carbons (Fsp3) is 0.176. The highest BCUT2D eigenvalue weighted by Gasteiger charge is 2.08. The number of para-hydroxylation sites is 1. The molecule has 0 saturated carbocycles. The summed E-state index contributed by atoms with van der Waals surface area (Å²) in [6.45, 7) is 2.18. The Morgan fingerprint density at radius 1 is 1.17 bits per heavy atom. The number of ether oxygens (including phenoxy) is 1. The van der Waals surface area contributed by atoms with Crippen molar-refractivity contribution in [3.05, 3.63) is 70.5 Å². The van der Waals surface area contributed by atoms with Gasteiger partial charge in [0.2, 0.25) is 0 Å². The van der Waals surface area contributed by atoms with Gasteiger partial charge < -0.3 is 4.74 Å². The number of hydrogen-bond donors (Lipinski definition) is 0. The molecule has 0 aliphatic carbocycles. The lowest BCUT2D eigenvalue weighted by atomic mass is 10.2. The first-order valence-corrected chi connectivity index (χ1v) is 7.19. The van der Waals surface area contributed by atoms with Crippen molar-refractivity contribution >= 4 is 16.9 Å². The molecule has 0 aliphatic heterocycles. The zero-order valence-electron chi connectivity index (χ0n) is 12.6. The van der Waals surface area contributed by atoms with E-state index in [0.717, 1.165) is 5.69 Å². The molecule has 0 bridgehead atoms. The molecule has 2 aromatic heterocycles. The van der Waals surface area contributed by atoms with Crippen LogP contribution in [0, 0.1) is 6.92 Å². The van der Waals surface area contributed by atoms with Crippen molar-refractivity contribution in [1.82, 2.24) is 14.5 Å². The molecule has 0 fully saturated rings. The first-order valence-electron chi connectivity index (χ1n) is 7.19. The van der Waals surface area contributed by atoms with Gasteiger partial charge in [0, 0.05) is 11.9 Å². The number of esters is 1. The van der Waals surface area contributed by atoms with Crippen LogP contribution in [0.25, 0.3) is 10.9 Å². The van der Waals surface area contributed by atoms with E-state index in [-0.39, 0.29) is 18.7 Å². The second-order valence-corrected chi connectivity index (χ2v) is 5.08. The number of aryl methyl sites for hydroxylation is 1. The molecular formula is C17H15N3O3. The molecule has 116 valence electrons. The lowest BCUT2D eigenvalue weighted by Crippen LogP contribution is -2.23. The van der Waals surface area contributed by atoms with Crippen LogP contribution >= 0.6 is 0 Å². The third-order valence-electron chi connectivity index (χ3n) is 3.44. The quantitative estimate of drug-likeness (QED) is 0.689.